The number of ether oxygens (including phenoxy) is 2. The number of hydrogen-bond acceptors (Lipinski definition) is 14. The topological polar surface area (TPSA) is 333 Å². The van der Waals surface area contributed by atoms with Crippen LogP contribution in [0.5, 0.6) is 0 Å². The van der Waals surface area contributed by atoms with Gasteiger partial charge < -0.3 is 57.0 Å². The van der Waals surface area contributed by atoms with Crippen LogP contribution in [0.2, 0.25) is 0 Å². The Labute approximate surface area is 322 Å². The average molecular weight is 794 g/mol. The van der Waals surface area contributed by atoms with Crippen molar-refractivity contribution in [3.63, 3.8) is 0 Å². The Balaban J connectivity index is 1.69. The molecule has 0 saturated carbocycles. The van der Waals surface area contributed by atoms with Crippen molar-refractivity contribution in [3.8, 4) is 0 Å². The third kappa shape index (κ3) is 11.4. The number of aliphatic hydroxyl groups excluding tert-OH is 2. The fourth-order valence-electron chi connectivity index (χ4n) is 6.13. The summed E-state index contributed by atoms with van der Waals surface area (Å²) < 4.78 is 13.5. The average Bonchev–Trinajstić information content (AvgIpc) is 3.60. The molecule has 22 nitrogen and oxygen atoms in total. The maximum absolute atomic E-state index is 13.6. The highest BCUT2D eigenvalue weighted by molar-refractivity contribution is 5.92. The fourth-order valence-corrected chi connectivity index (χ4v) is 6.13. The van der Waals surface area contributed by atoms with Gasteiger partial charge in [0.1, 0.15) is 35.6 Å². The molecule has 0 aromatic carbocycles. The molecule has 1 aliphatic rings. The Kier molecular flexibility index (Phi) is 17.0. The molecule has 1 fully saturated rings. The van der Waals surface area contributed by atoms with Crippen LogP contribution in [-0.2, 0) is 35.2 Å². The molecule has 0 spiro atoms. The Morgan fingerprint density at radius 2 is 1.80 bits per heavy atom. The quantitative estimate of drug-likeness (QED) is 0.0198. The predicted molar refractivity (Wildman–Crippen MR) is 202 cm³/mol. The number of likely N-dealkylation sites (N-methyl/N-ethyl adjacent to an activating group) is 1. The maximum atomic E-state index is 13.6. The Hall–Kier alpha value is -5.29. The molecule has 56 heavy (non-hydrogen) atoms. The van der Waals surface area contributed by atoms with Crippen LogP contribution in [0.15, 0.2) is 28.3 Å². The van der Waals surface area contributed by atoms with E-state index in [1.165, 1.54) is 19.2 Å². The molecule has 3 rings (SSSR count). The molecule has 0 aliphatic carbocycles. The van der Waals surface area contributed by atoms with E-state index in [1.807, 2.05) is 5.43 Å². The van der Waals surface area contributed by atoms with E-state index in [1.54, 1.807) is 13.8 Å². The van der Waals surface area contributed by atoms with Crippen LogP contribution < -0.4 is 49.9 Å². The molecule has 0 bridgehead atoms. The van der Waals surface area contributed by atoms with Gasteiger partial charge in [0.05, 0.1) is 12.1 Å². The summed E-state index contributed by atoms with van der Waals surface area (Å²) in [6.07, 6.45) is -3.96. The number of pyridine rings is 1. The molecule has 1 unspecified atom stereocenters. The van der Waals surface area contributed by atoms with Gasteiger partial charge in [-0.15, -0.1) is 6.58 Å². The van der Waals surface area contributed by atoms with E-state index >= 15 is 0 Å². The molecule has 1 aliphatic heterocycles. The van der Waals surface area contributed by atoms with Crippen molar-refractivity contribution in [2.75, 3.05) is 39.0 Å². The molecule has 312 valence electrons. The normalized spacial score (nSPS) is 18.9. The molecular formula is C34H55N11O11. The highest BCUT2D eigenvalue weighted by Crippen LogP contribution is 2.33. The number of hydrazine groups is 1. The number of carbonyl (C=O) groups excluding carboxylic acids is 5. The van der Waals surface area contributed by atoms with Crippen LogP contribution in [0.25, 0.3) is 11.0 Å². The van der Waals surface area contributed by atoms with Crippen molar-refractivity contribution in [3.05, 3.63) is 39.6 Å². The molecule has 1 saturated heterocycles. The van der Waals surface area contributed by atoms with E-state index in [0.29, 0.717) is 19.4 Å². The van der Waals surface area contributed by atoms with Crippen LogP contribution in [0.3, 0.4) is 0 Å². The van der Waals surface area contributed by atoms with Crippen molar-refractivity contribution < 1.29 is 43.7 Å². The number of carbonyl (C=O) groups is 5. The van der Waals surface area contributed by atoms with Crippen LogP contribution in [0.4, 0.5) is 10.6 Å². The van der Waals surface area contributed by atoms with E-state index in [9.17, 15) is 43.8 Å². The third-order valence-corrected chi connectivity index (χ3v) is 9.14. The van der Waals surface area contributed by atoms with Crippen molar-refractivity contribution in [1.82, 2.24) is 40.4 Å². The van der Waals surface area contributed by atoms with E-state index in [0.717, 1.165) is 14.0 Å². The van der Waals surface area contributed by atoms with Crippen LogP contribution in [-0.4, -0.2) is 123 Å². The SMILES string of the molecule is C=CCn1c(=O)n([C@@H]2OC(CO)[C@@H](O)[C@H]2OC(=O)N(C)CCNC(=O)[C@H](CCCCN)NC(=O)[C@@H](NC(=O)CCCC(=O)NN)C(C)C)c2cc(N)[nH]c(=O)c21. The maximum Gasteiger partial charge on any atom is 0.410 e. The number of rotatable bonds is 21. The number of nitrogens with zero attached hydrogens (tertiary/aromatic N) is 3. The number of nitrogens with one attached hydrogen (secondary N) is 5. The molecule has 3 heterocycles. The number of aromatic amines is 1. The van der Waals surface area contributed by atoms with Gasteiger partial charge in [-0.1, -0.05) is 19.9 Å². The highest BCUT2D eigenvalue weighted by Gasteiger charge is 2.49. The second kappa shape index (κ2) is 21.1. The molecule has 6 atom stereocenters. The van der Waals surface area contributed by atoms with Crippen molar-refractivity contribution in [2.45, 2.75) is 95.5 Å². The number of nitrogens with two attached hydrogens (primary N) is 3. The Morgan fingerprint density at radius 1 is 1.11 bits per heavy atom. The summed E-state index contributed by atoms with van der Waals surface area (Å²) in [6, 6.07) is -0.678. The Bertz CT molecular complexity index is 1820. The van der Waals surface area contributed by atoms with Gasteiger partial charge in [0.15, 0.2) is 12.3 Å². The lowest BCUT2D eigenvalue weighted by molar-refractivity contribution is -0.133. The molecule has 13 N–H and O–H groups in total. The summed E-state index contributed by atoms with van der Waals surface area (Å²) >= 11 is 0. The first kappa shape index (κ1) is 45.1. The number of aliphatic hydroxyl groups is 2. The van der Waals surface area contributed by atoms with Gasteiger partial charge >= 0.3 is 11.8 Å². The van der Waals surface area contributed by atoms with Gasteiger partial charge in [-0.25, -0.2) is 15.4 Å². The van der Waals surface area contributed by atoms with Crippen molar-refractivity contribution in [2.24, 2.45) is 17.5 Å². The van der Waals surface area contributed by atoms with Gasteiger partial charge in [0, 0.05) is 45.6 Å². The second-order valence-corrected chi connectivity index (χ2v) is 13.7. The number of H-pyrrole nitrogens is 1. The van der Waals surface area contributed by atoms with E-state index in [4.69, 9.17) is 26.8 Å². The number of anilines is 1. The largest absolute Gasteiger partial charge is 0.438 e. The number of amides is 5. The number of aromatic nitrogens is 3. The second-order valence-electron chi connectivity index (χ2n) is 13.7. The monoisotopic (exact) mass is 793 g/mol. The first-order chi connectivity index (χ1) is 26.6. The lowest BCUT2D eigenvalue weighted by Crippen LogP contribution is -2.55. The number of hydrogen-bond donors (Lipinski definition) is 10. The van der Waals surface area contributed by atoms with Gasteiger partial charge in [0.25, 0.3) is 5.56 Å². The lowest BCUT2D eigenvalue weighted by atomic mass is 10.0. The number of imidazole rings is 1. The number of fused-ring (bicyclic) bond motifs is 1. The third-order valence-electron chi connectivity index (χ3n) is 9.14. The summed E-state index contributed by atoms with van der Waals surface area (Å²) in [4.78, 5) is 93.8. The number of unbranched alkanes of at least 4 members (excludes halogenated alkanes) is 1. The highest BCUT2D eigenvalue weighted by atomic mass is 16.6. The number of nitrogen functional groups attached to an aromatic ring is 1. The van der Waals surface area contributed by atoms with Gasteiger partial charge in [-0.2, -0.15) is 0 Å². The molecule has 2 aromatic rings. The lowest BCUT2D eigenvalue weighted by Gasteiger charge is -2.26. The number of allylic oxidation sites excluding steroid dienone is 1. The minimum Gasteiger partial charge on any atom is -0.438 e. The first-order valence-electron chi connectivity index (χ1n) is 18.3. The van der Waals surface area contributed by atoms with Gasteiger partial charge in [0.2, 0.25) is 23.6 Å². The summed E-state index contributed by atoms with van der Waals surface area (Å²) in [5, 5.41) is 28.9. The zero-order chi connectivity index (χ0) is 41.7. The molecule has 22 heteroatoms. The Morgan fingerprint density at radius 3 is 2.43 bits per heavy atom. The predicted octanol–water partition coefficient (Wildman–Crippen LogP) is -3.02. The zero-order valence-corrected chi connectivity index (χ0v) is 31.8. The van der Waals surface area contributed by atoms with Crippen LogP contribution in [0.1, 0.15) is 58.6 Å². The zero-order valence-electron chi connectivity index (χ0n) is 31.8. The van der Waals surface area contributed by atoms with E-state index in [2.05, 4.69) is 27.5 Å². The minimum absolute atomic E-state index is 0.0231. The van der Waals surface area contributed by atoms with E-state index < -0.39 is 84.2 Å². The van der Waals surface area contributed by atoms with Crippen molar-refractivity contribution >= 4 is 46.6 Å². The summed E-state index contributed by atoms with van der Waals surface area (Å²) in [5.74, 6) is 2.61. The summed E-state index contributed by atoms with van der Waals surface area (Å²) in [7, 11) is 1.36. The fraction of sp³-hybridized carbons (Fsp3) is 0.618. The van der Waals surface area contributed by atoms with Crippen molar-refractivity contribution in [1.29, 1.82) is 0 Å². The minimum atomic E-state index is -1.60. The molecule has 0 radical (unpaired) electrons. The van der Waals surface area contributed by atoms with Gasteiger partial charge in [-0.05, 0) is 38.1 Å². The summed E-state index contributed by atoms with van der Waals surface area (Å²) in [6.45, 7) is 6.46. The molecular weight excluding hydrogens is 738 g/mol. The smallest absolute Gasteiger partial charge is 0.410 e. The first-order valence-corrected chi connectivity index (χ1v) is 18.3. The summed E-state index contributed by atoms with van der Waals surface area (Å²) in [5.41, 5.74) is 12.0. The van der Waals surface area contributed by atoms with Crippen LogP contribution in [0, 0.1) is 5.92 Å². The van der Waals surface area contributed by atoms with Gasteiger partial charge in [-0.3, -0.25) is 38.5 Å². The molecule has 2 aromatic heterocycles. The van der Waals surface area contributed by atoms with E-state index in [-0.39, 0.29) is 68.1 Å². The molecule has 5 amide bonds. The van der Waals surface area contributed by atoms with Crippen LogP contribution >= 0.6 is 0 Å². The standard InChI is InChI=1S/C34H55N11O11/c1-5-14-44-26-20(16-22(36)40-31(26)52)45(33(44)53)32-28(27(49)21(17-46)55-32)56-34(54)43(4)15-13-38-29(50)19(9-6-7-12-35)39-30(51)25(18(2)3)41-23(47)10-8-11-24(48)42-37/h5,16,18-19,21,25,27-28,32,46,49H,1,6-15,17,35,37H2,2-4H3,(H,38,50)(H,39,51)(H,41,47)(H,42,48)(H3,36,40,52)/t19-,21?,25-,27+,28+,32+/m0/s1.